The first-order chi connectivity index (χ1) is 10.3. The Bertz CT molecular complexity index is 519. The Balaban J connectivity index is 0. The lowest BCUT2D eigenvalue weighted by Gasteiger charge is -2.11. The zero-order valence-corrected chi connectivity index (χ0v) is 15.5. The third kappa shape index (κ3) is 15.5. The molecule has 0 radical (unpaired) electrons. The summed E-state index contributed by atoms with van der Waals surface area (Å²) in [5.74, 6) is 0.171. The van der Waals surface area contributed by atoms with Crippen LogP contribution in [0.3, 0.4) is 0 Å². The standard InChI is InChI=1S/C6H12O4S.C4H8O3.CH3ClO2S.CH4/c1-5-3-9-4-6(5)10-11(2,7)8;5-3-1-7-2-4(3)6;1-5(2,3)4;/h5-6H,3-4H2,1-2H3;3-6H,1-2H2;1H3;1H4. The second kappa shape index (κ2) is 11.6. The van der Waals surface area contributed by atoms with Crippen LogP contribution in [0.4, 0.5) is 0 Å². The lowest BCUT2D eigenvalue weighted by Crippen LogP contribution is -2.23. The predicted octanol–water partition coefficient (Wildman–Crippen LogP) is -0.443. The minimum atomic E-state index is -3.32. The molecule has 0 aliphatic carbocycles. The van der Waals surface area contributed by atoms with E-state index < -0.39 is 31.4 Å². The third-order valence-electron chi connectivity index (χ3n) is 2.62. The van der Waals surface area contributed by atoms with Gasteiger partial charge in [-0.1, -0.05) is 14.4 Å². The molecule has 0 spiro atoms. The first-order valence-electron chi connectivity index (χ1n) is 6.59. The maximum absolute atomic E-state index is 10.7. The topological polar surface area (TPSA) is 136 Å². The van der Waals surface area contributed by atoms with Crippen molar-refractivity contribution in [2.75, 3.05) is 38.9 Å². The van der Waals surface area contributed by atoms with Crippen LogP contribution in [0.15, 0.2) is 0 Å². The molecule has 0 bridgehead atoms. The molecule has 12 heteroatoms. The van der Waals surface area contributed by atoms with E-state index in [2.05, 4.69) is 15.4 Å². The highest BCUT2D eigenvalue weighted by Crippen LogP contribution is 2.17. The maximum atomic E-state index is 10.7. The highest BCUT2D eigenvalue weighted by Gasteiger charge is 2.28. The van der Waals surface area contributed by atoms with Crippen LogP contribution in [0.25, 0.3) is 0 Å². The van der Waals surface area contributed by atoms with Gasteiger partial charge in [0.25, 0.3) is 10.1 Å². The Hall–Kier alpha value is -0.0100. The molecular formula is C12H27ClO9S2. The quantitative estimate of drug-likeness (QED) is 0.454. The van der Waals surface area contributed by atoms with E-state index in [0.29, 0.717) is 13.2 Å². The fourth-order valence-electron chi connectivity index (χ4n) is 1.52. The van der Waals surface area contributed by atoms with Crippen molar-refractivity contribution in [3.63, 3.8) is 0 Å². The molecule has 0 aromatic rings. The van der Waals surface area contributed by atoms with Gasteiger partial charge in [-0.05, 0) is 0 Å². The van der Waals surface area contributed by atoms with Crippen molar-refractivity contribution >= 4 is 29.9 Å². The van der Waals surface area contributed by atoms with Gasteiger partial charge in [0.05, 0.1) is 38.9 Å². The van der Waals surface area contributed by atoms with Crippen molar-refractivity contribution in [3.8, 4) is 0 Å². The monoisotopic (exact) mass is 414 g/mol. The van der Waals surface area contributed by atoms with Gasteiger partial charge in [0.2, 0.25) is 9.05 Å². The van der Waals surface area contributed by atoms with Crippen LogP contribution >= 0.6 is 10.7 Å². The summed E-state index contributed by atoms with van der Waals surface area (Å²) in [6, 6.07) is 0. The van der Waals surface area contributed by atoms with Crippen molar-refractivity contribution in [1.82, 2.24) is 0 Å². The molecule has 24 heavy (non-hydrogen) atoms. The fourth-order valence-corrected chi connectivity index (χ4v) is 2.21. The molecular weight excluding hydrogens is 388 g/mol. The van der Waals surface area contributed by atoms with E-state index in [-0.39, 0.29) is 32.7 Å². The van der Waals surface area contributed by atoms with Crippen molar-refractivity contribution < 1.29 is 40.7 Å². The zero-order valence-electron chi connectivity index (χ0n) is 13.1. The molecule has 0 saturated carbocycles. The highest BCUT2D eigenvalue weighted by atomic mass is 35.7. The summed E-state index contributed by atoms with van der Waals surface area (Å²) in [4.78, 5) is 0. The molecule has 0 amide bonds. The van der Waals surface area contributed by atoms with Gasteiger partial charge in [-0.2, -0.15) is 8.42 Å². The van der Waals surface area contributed by atoms with E-state index in [4.69, 9.17) is 19.1 Å². The molecule has 2 rings (SSSR count). The number of hydrogen-bond acceptors (Lipinski definition) is 9. The lowest BCUT2D eigenvalue weighted by atomic mass is 10.1. The fraction of sp³-hybridized carbons (Fsp3) is 1.00. The first kappa shape index (κ1) is 26.2. The third-order valence-corrected chi connectivity index (χ3v) is 3.21. The van der Waals surface area contributed by atoms with Crippen LogP contribution in [0.2, 0.25) is 0 Å². The van der Waals surface area contributed by atoms with Crippen molar-refractivity contribution in [1.29, 1.82) is 0 Å². The van der Waals surface area contributed by atoms with Crippen molar-refractivity contribution in [3.05, 3.63) is 0 Å². The summed E-state index contributed by atoms with van der Waals surface area (Å²) in [6.07, 6.45) is 0.386. The first-order valence-corrected chi connectivity index (χ1v) is 11.1. The molecule has 2 saturated heterocycles. The normalized spacial score (nSPS) is 29.6. The van der Waals surface area contributed by atoms with E-state index in [9.17, 15) is 16.8 Å². The maximum Gasteiger partial charge on any atom is 0.264 e. The largest absolute Gasteiger partial charge is 0.388 e. The number of aliphatic hydroxyl groups is 2. The van der Waals surface area contributed by atoms with Crippen LogP contribution in [0.1, 0.15) is 14.4 Å². The van der Waals surface area contributed by atoms with Crippen molar-refractivity contribution in [2.45, 2.75) is 32.7 Å². The summed E-state index contributed by atoms with van der Waals surface area (Å²) >= 11 is 0. The van der Waals surface area contributed by atoms with Gasteiger partial charge in [-0.3, -0.25) is 4.18 Å². The Morgan fingerprint density at radius 1 is 0.958 bits per heavy atom. The summed E-state index contributed by atoms with van der Waals surface area (Å²) in [5.41, 5.74) is 0. The average molecular weight is 415 g/mol. The van der Waals surface area contributed by atoms with Crippen molar-refractivity contribution in [2.24, 2.45) is 5.92 Å². The molecule has 0 aromatic carbocycles. The molecule has 0 aromatic heterocycles. The van der Waals surface area contributed by atoms with Gasteiger partial charge in [0.1, 0.15) is 18.3 Å². The van der Waals surface area contributed by atoms with E-state index in [1.165, 1.54) is 0 Å². The number of rotatable bonds is 2. The lowest BCUT2D eigenvalue weighted by molar-refractivity contribution is 0.0572. The Labute approximate surface area is 148 Å². The van der Waals surface area contributed by atoms with E-state index in [1.807, 2.05) is 6.92 Å². The Kier molecular flexibility index (Phi) is 12.6. The van der Waals surface area contributed by atoms with Gasteiger partial charge in [0.15, 0.2) is 0 Å². The van der Waals surface area contributed by atoms with Gasteiger partial charge >= 0.3 is 0 Å². The van der Waals surface area contributed by atoms with E-state index >= 15 is 0 Å². The summed E-state index contributed by atoms with van der Waals surface area (Å²) in [7, 11) is -2.01. The van der Waals surface area contributed by atoms with Crippen LogP contribution in [-0.4, -0.2) is 84.3 Å². The molecule has 2 aliphatic heterocycles. The molecule has 9 nitrogen and oxygen atoms in total. The number of hydrogen-bond donors (Lipinski definition) is 2. The molecule has 2 fully saturated rings. The second-order valence-electron chi connectivity index (χ2n) is 5.21. The van der Waals surface area contributed by atoms with Crippen LogP contribution < -0.4 is 0 Å². The minimum absolute atomic E-state index is 0. The summed E-state index contributed by atoms with van der Waals surface area (Å²) < 4.78 is 54.6. The molecule has 4 atom stereocenters. The van der Waals surface area contributed by atoms with Gasteiger partial charge in [0, 0.05) is 16.6 Å². The SMILES string of the molecule is C.CC1COCC1OS(C)(=O)=O.CS(=O)(=O)Cl.OC1COCC1O. The Morgan fingerprint density at radius 2 is 1.33 bits per heavy atom. The molecule has 148 valence electrons. The second-order valence-corrected chi connectivity index (χ2v) is 9.85. The number of halogens is 1. The molecule has 2 aliphatic rings. The predicted molar refractivity (Wildman–Crippen MR) is 90.0 cm³/mol. The summed E-state index contributed by atoms with van der Waals surface area (Å²) in [5, 5.41) is 17.2. The van der Waals surface area contributed by atoms with Crippen LogP contribution in [0.5, 0.6) is 0 Å². The van der Waals surface area contributed by atoms with Crippen LogP contribution in [-0.2, 0) is 32.8 Å². The molecule has 4 unspecified atom stereocenters. The van der Waals surface area contributed by atoms with E-state index in [0.717, 1.165) is 12.5 Å². The molecule has 2 N–H and O–H groups in total. The smallest absolute Gasteiger partial charge is 0.264 e. The van der Waals surface area contributed by atoms with E-state index in [1.54, 1.807) is 0 Å². The average Bonchev–Trinajstić information content (AvgIpc) is 2.87. The zero-order chi connectivity index (χ0) is 18.3. The molecule has 2 heterocycles. The summed E-state index contributed by atoms with van der Waals surface area (Å²) in [6.45, 7) is 3.43. The number of aliphatic hydroxyl groups excluding tert-OH is 2. The van der Waals surface area contributed by atoms with Gasteiger partial charge in [-0.25, -0.2) is 8.42 Å². The van der Waals surface area contributed by atoms with Gasteiger partial charge < -0.3 is 19.7 Å². The Morgan fingerprint density at radius 3 is 1.54 bits per heavy atom. The number of ether oxygens (including phenoxy) is 2. The van der Waals surface area contributed by atoms with Gasteiger partial charge in [-0.15, -0.1) is 0 Å². The minimum Gasteiger partial charge on any atom is -0.388 e. The van der Waals surface area contributed by atoms with Crippen LogP contribution in [0, 0.1) is 5.92 Å². The highest BCUT2D eigenvalue weighted by molar-refractivity contribution is 8.13.